The lowest BCUT2D eigenvalue weighted by atomic mass is 10.2. The van der Waals surface area contributed by atoms with Crippen molar-refractivity contribution >= 4 is 40.7 Å². The number of carboxylic acid groups (broad SMARTS) is 1. The first kappa shape index (κ1) is 14.6. The van der Waals surface area contributed by atoms with Gasteiger partial charge in [-0.2, -0.15) is 0 Å². The van der Waals surface area contributed by atoms with E-state index in [1.54, 1.807) is 11.4 Å². The van der Waals surface area contributed by atoms with E-state index in [0.717, 1.165) is 21.8 Å². The van der Waals surface area contributed by atoms with Crippen molar-refractivity contribution in [1.29, 1.82) is 0 Å². The van der Waals surface area contributed by atoms with Gasteiger partial charge in [0.1, 0.15) is 4.88 Å². The first-order valence-corrected chi connectivity index (χ1v) is 7.73. The van der Waals surface area contributed by atoms with Crippen molar-refractivity contribution in [2.45, 2.75) is 11.8 Å². The van der Waals surface area contributed by atoms with Crippen LogP contribution in [-0.4, -0.2) is 22.7 Å². The molecule has 20 heavy (non-hydrogen) atoms. The molecule has 2 aromatic rings. The Bertz CT molecular complexity index is 637. The Balaban J connectivity index is 1.95. The average Bonchev–Trinajstić information content (AvgIpc) is 2.86. The predicted octanol–water partition coefficient (Wildman–Crippen LogP) is 3.49. The number of hydrogen-bond acceptors (Lipinski definition) is 4. The van der Waals surface area contributed by atoms with Crippen molar-refractivity contribution in [2.24, 2.45) is 0 Å². The summed E-state index contributed by atoms with van der Waals surface area (Å²) in [4.78, 5) is 24.0. The third kappa shape index (κ3) is 3.61. The van der Waals surface area contributed by atoms with Gasteiger partial charge in [0.2, 0.25) is 5.91 Å². The Labute approximate surface area is 124 Å². The maximum Gasteiger partial charge on any atom is 0.348 e. The maximum atomic E-state index is 11.8. The second-order valence-corrected chi connectivity index (χ2v) is 6.00. The predicted molar refractivity (Wildman–Crippen MR) is 81.8 cm³/mol. The fraction of sp³-hybridized carbons (Fsp3) is 0.143. The molecule has 0 spiro atoms. The summed E-state index contributed by atoms with van der Waals surface area (Å²) in [7, 11) is 0. The van der Waals surface area contributed by atoms with Gasteiger partial charge < -0.3 is 10.4 Å². The van der Waals surface area contributed by atoms with Gasteiger partial charge in [0.15, 0.2) is 0 Å². The molecule has 0 aliphatic heterocycles. The van der Waals surface area contributed by atoms with E-state index in [4.69, 9.17) is 5.11 Å². The molecular weight excluding hydrogens is 294 g/mol. The number of hydrogen-bond donors (Lipinski definition) is 2. The molecule has 1 amide bonds. The minimum absolute atomic E-state index is 0.152. The topological polar surface area (TPSA) is 66.4 Å². The van der Waals surface area contributed by atoms with E-state index in [2.05, 4.69) is 5.32 Å². The minimum Gasteiger partial charge on any atom is -0.477 e. The molecule has 6 heteroatoms. The Morgan fingerprint density at radius 2 is 2.05 bits per heavy atom. The molecule has 0 saturated heterocycles. The highest BCUT2D eigenvalue weighted by Crippen LogP contribution is 2.24. The second kappa shape index (κ2) is 6.58. The van der Waals surface area contributed by atoms with E-state index in [1.807, 2.05) is 31.2 Å². The number of carbonyl (C=O) groups excluding carboxylic acids is 1. The van der Waals surface area contributed by atoms with Crippen molar-refractivity contribution in [3.8, 4) is 0 Å². The van der Waals surface area contributed by atoms with Gasteiger partial charge in [-0.25, -0.2) is 4.79 Å². The lowest BCUT2D eigenvalue weighted by Crippen LogP contribution is -2.15. The fourth-order valence-corrected chi connectivity index (χ4v) is 3.14. The van der Waals surface area contributed by atoms with E-state index in [1.165, 1.54) is 11.8 Å². The number of rotatable bonds is 5. The highest BCUT2D eigenvalue weighted by Gasteiger charge is 2.14. The number of thiophene rings is 1. The van der Waals surface area contributed by atoms with Crippen LogP contribution < -0.4 is 5.32 Å². The lowest BCUT2D eigenvalue weighted by Gasteiger charge is -2.06. The van der Waals surface area contributed by atoms with E-state index < -0.39 is 5.97 Å². The molecule has 0 radical (unpaired) electrons. The van der Waals surface area contributed by atoms with Crippen molar-refractivity contribution in [1.82, 2.24) is 0 Å². The van der Waals surface area contributed by atoms with E-state index >= 15 is 0 Å². The first-order chi connectivity index (χ1) is 9.58. The summed E-state index contributed by atoms with van der Waals surface area (Å²) in [6.07, 6.45) is 0. The SMILES string of the molecule is Cc1ccccc1SCC(=O)Nc1ccsc1C(=O)O. The summed E-state index contributed by atoms with van der Waals surface area (Å²) in [6.45, 7) is 1.99. The van der Waals surface area contributed by atoms with Gasteiger partial charge in [-0.15, -0.1) is 23.1 Å². The largest absolute Gasteiger partial charge is 0.477 e. The Morgan fingerprint density at radius 1 is 1.30 bits per heavy atom. The van der Waals surface area contributed by atoms with Crippen LogP contribution in [0.2, 0.25) is 0 Å². The molecule has 0 atom stereocenters. The molecule has 2 rings (SSSR count). The van der Waals surface area contributed by atoms with E-state index in [9.17, 15) is 9.59 Å². The molecule has 2 N–H and O–H groups in total. The summed E-state index contributed by atoms with van der Waals surface area (Å²) in [5.41, 5.74) is 1.48. The monoisotopic (exact) mass is 307 g/mol. The number of thioether (sulfide) groups is 1. The molecule has 0 fully saturated rings. The molecule has 0 unspecified atom stereocenters. The number of aryl methyl sites for hydroxylation is 1. The van der Waals surface area contributed by atoms with E-state index in [-0.39, 0.29) is 16.5 Å². The maximum absolute atomic E-state index is 11.8. The molecular formula is C14H13NO3S2. The van der Waals surface area contributed by atoms with Crippen LogP contribution in [0, 0.1) is 6.92 Å². The van der Waals surface area contributed by atoms with Crippen LogP contribution in [0.3, 0.4) is 0 Å². The molecule has 0 aliphatic rings. The molecule has 0 aliphatic carbocycles. The van der Waals surface area contributed by atoms with Crippen LogP contribution in [0.4, 0.5) is 5.69 Å². The zero-order chi connectivity index (χ0) is 14.5. The standard InChI is InChI=1S/C14H13NO3S2/c1-9-4-2-3-5-11(9)20-8-12(16)15-10-6-7-19-13(10)14(17)18/h2-7H,8H2,1H3,(H,15,16)(H,17,18). The van der Waals surface area contributed by atoms with Crippen LogP contribution in [0.15, 0.2) is 40.6 Å². The zero-order valence-electron chi connectivity index (χ0n) is 10.8. The quantitative estimate of drug-likeness (QED) is 0.830. The highest BCUT2D eigenvalue weighted by atomic mass is 32.2. The third-order valence-corrected chi connectivity index (χ3v) is 4.66. The number of aromatic carboxylic acids is 1. The van der Waals surface area contributed by atoms with Crippen LogP contribution in [0.1, 0.15) is 15.2 Å². The van der Waals surface area contributed by atoms with Gasteiger partial charge in [0, 0.05) is 4.90 Å². The van der Waals surface area contributed by atoms with Crippen LogP contribution in [0.25, 0.3) is 0 Å². The van der Waals surface area contributed by atoms with Crippen LogP contribution >= 0.6 is 23.1 Å². The molecule has 0 bridgehead atoms. The zero-order valence-corrected chi connectivity index (χ0v) is 12.4. The van der Waals surface area contributed by atoms with Gasteiger partial charge >= 0.3 is 5.97 Å². The van der Waals surface area contributed by atoms with Crippen molar-refractivity contribution < 1.29 is 14.7 Å². The minimum atomic E-state index is -1.03. The highest BCUT2D eigenvalue weighted by molar-refractivity contribution is 8.00. The molecule has 1 heterocycles. The number of carboxylic acids is 1. The summed E-state index contributed by atoms with van der Waals surface area (Å²) >= 11 is 2.53. The van der Waals surface area contributed by atoms with Crippen LogP contribution in [-0.2, 0) is 4.79 Å². The van der Waals surface area contributed by atoms with Gasteiger partial charge in [0.05, 0.1) is 11.4 Å². The molecule has 1 aromatic heterocycles. The average molecular weight is 307 g/mol. The Hall–Kier alpha value is -1.79. The van der Waals surface area contributed by atoms with Crippen molar-refractivity contribution in [3.63, 3.8) is 0 Å². The fourth-order valence-electron chi connectivity index (χ4n) is 1.62. The van der Waals surface area contributed by atoms with Crippen LogP contribution in [0.5, 0.6) is 0 Å². The molecule has 1 aromatic carbocycles. The number of amides is 1. The number of anilines is 1. The normalized spacial score (nSPS) is 10.2. The number of benzene rings is 1. The van der Waals surface area contributed by atoms with Crippen molar-refractivity contribution in [3.05, 3.63) is 46.2 Å². The summed E-state index contributed by atoms with van der Waals surface area (Å²) in [5, 5.41) is 13.2. The smallest absolute Gasteiger partial charge is 0.348 e. The number of nitrogens with one attached hydrogen (secondary N) is 1. The van der Waals surface area contributed by atoms with Gasteiger partial charge in [-0.05, 0) is 30.0 Å². The Morgan fingerprint density at radius 3 is 2.75 bits per heavy atom. The second-order valence-electron chi connectivity index (χ2n) is 4.07. The summed E-state index contributed by atoms with van der Waals surface area (Å²) in [5.74, 6) is -0.985. The van der Waals surface area contributed by atoms with Gasteiger partial charge in [-0.3, -0.25) is 4.79 Å². The van der Waals surface area contributed by atoms with Gasteiger partial charge in [0.25, 0.3) is 0 Å². The molecule has 104 valence electrons. The lowest BCUT2D eigenvalue weighted by molar-refractivity contribution is -0.113. The molecule has 0 saturated carbocycles. The summed E-state index contributed by atoms with van der Waals surface area (Å²) in [6, 6.07) is 9.42. The first-order valence-electron chi connectivity index (χ1n) is 5.87. The van der Waals surface area contributed by atoms with Crippen molar-refractivity contribution in [2.75, 3.05) is 11.1 Å². The third-order valence-electron chi connectivity index (χ3n) is 2.59. The van der Waals surface area contributed by atoms with E-state index in [0.29, 0.717) is 5.69 Å². The number of carbonyl (C=O) groups is 2. The van der Waals surface area contributed by atoms with Gasteiger partial charge in [-0.1, -0.05) is 18.2 Å². The molecule has 4 nitrogen and oxygen atoms in total. The summed E-state index contributed by atoms with van der Waals surface area (Å²) < 4.78 is 0. The Kier molecular flexibility index (Phi) is 4.81.